The second-order valence-electron chi connectivity index (χ2n) is 7.50. The highest BCUT2D eigenvalue weighted by Gasteiger charge is 2.13. The molecule has 3 N–H and O–H groups in total. The fourth-order valence-electron chi connectivity index (χ4n) is 3.83. The van der Waals surface area contributed by atoms with Crippen LogP contribution in [0, 0.1) is 19.7 Å². The lowest BCUT2D eigenvalue weighted by molar-refractivity contribution is 0.629. The molecule has 2 heterocycles. The van der Waals surface area contributed by atoms with E-state index in [0.717, 1.165) is 51.5 Å². The van der Waals surface area contributed by atoms with Gasteiger partial charge in [0.2, 0.25) is 0 Å². The smallest absolute Gasteiger partial charge is 0.191 e. The van der Waals surface area contributed by atoms with Crippen LogP contribution in [-0.2, 0) is 13.0 Å². The molecule has 6 nitrogen and oxygen atoms in total. The first-order chi connectivity index (χ1) is 15.1. The predicted molar refractivity (Wildman–Crippen MR) is 123 cm³/mol. The van der Waals surface area contributed by atoms with Gasteiger partial charge in [0.15, 0.2) is 5.96 Å². The number of H-pyrrole nitrogens is 1. The molecule has 7 heteroatoms. The van der Waals surface area contributed by atoms with Gasteiger partial charge in [-0.25, -0.2) is 9.07 Å². The van der Waals surface area contributed by atoms with Gasteiger partial charge in [0, 0.05) is 48.5 Å². The first kappa shape index (κ1) is 20.7. The van der Waals surface area contributed by atoms with Crippen molar-refractivity contribution in [3.8, 4) is 5.69 Å². The predicted octanol–water partition coefficient (Wildman–Crippen LogP) is 4.02. The zero-order valence-electron chi connectivity index (χ0n) is 18.0. The summed E-state index contributed by atoms with van der Waals surface area (Å²) in [4.78, 5) is 7.46. The number of nitrogens with one attached hydrogen (secondary N) is 3. The van der Waals surface area contributed by atoms with Crippen molar-refractivity contribution in [2.75, 3.05) is 13.6 Å². The van der Waals surface area contributed by atoms with E-state index < -0.39 is 0 Å². The van der Waals surface area contributed by atoms with Crippen molar-refractivity contribution < 1.29 is 4.39 Å². The van der Waals surface area contributed by atoms with Crippen LogP contribution < -0.4 is 10.6 Å². The van der Waals surface area contributed by atoms with Gasteiger partial charge in [-0.15, -0.1) is 0 Å². The molecule has 0 aliphatic heterocycles. The van der Waals surface area contributed by atoms with Gasteiger partial charge in [-0.2, -0.15) is 5.10 Å². The van der Waals surface area contributed by atoms with E-state index >= 15 is 0 Å². The second-order valence-corrected chi connectivity index (χ2v) is 7.50. The highest BCUT2D eigenvalue weighted by atomic mass is 19.1. The molecule has 4 rings (SSSR count). The molecule has 2 aromatic heterocycles. The average Bonchev–Trinajstić information content (AvgIpc) is 3.31. The molecule has 0 radical (unpaired) electrons. The minimum absolute atomic E-state index is 0.232. The maximum absolute atomic E-state index is 13.4. The molecule has 0 amide bonds. The Hall–Kier alpha value is -3.61. The van der Waals surface area contributed by atoms with E-state index in [1.165, 1.54) is 12.1 Å². The number of nitrogens with zero attached hydrogens (tertiary/aromatic N) is 3. The summed E-state index contributed by atoms with van der Waals surface area (Å²) in [5, 5.41) is 12.5. The molecular formula is C24H27FN6. The third-order valence-electron chi connectivity index (χ3n) is 5.51. The summed E-state index contributed by atoms with van der Waals surface area (Å²) in [6.07, 6.45) is 2.74. The number of rotatable bonds is 6. The molecule has 0 aliphatic carbocycles. The molecule has 0 atom stereocenters. The number of benzene rings is 2. The standard InChI is InChI=1S/C24H27FN6/c1-16-22(17(2)31(30-16)20-7-5-4-6-8-20)15-29-24(26-3)27-12-11-18-14-28-23-13-19(25)9-10-21(18)23/h4-10,13-14,28H,11-12,15H2,1-3H3,(H2,26,27,29). The Labute approximate surface area is 181 Å². The summed E-state index contributed by atoms with van der Waals surface area (Å²) in [6.45, 7) is 5.46. The number of hydrogen-bond acceptors (Lipinski definition) is 2. The van der Waals surface area contributed by atoms with E-state index in [9.17, 15) is 4.39 Å². The third kappa shape index (κ3) is 4.45. The SMILES string of the molecule is CN=C(NCCc1c[nH]c2cc(F)ccc12)NCc1c(C)nn(-c2ccccc2)c1C. The Kier molecular flexibility index (Phi) is 6.02. The van der Waals surface area contributed by atoms with Crippen molar-refractivity contribution in [2.45, 2.75) is 26.8 Å². The number of aryl methyl sites for hydroxylation is 1. The van der Waals surface area contributed by atoms with E-state index in [-0.39, 0.29) is 5.82 Å². The molecular weight excluding hydrogens is 391 g/mol. The topological polar surface area (TPSA) is 70.0 Å². The Morgan fingerprint density at radius 3 is 2.71 bits per heavy atom. The molecule has 160 valence electrons. The number of hydrogen-bond donors (Lipinski definition) is 3. The Balaban J connectivity index is 1.36. The van der Waals surface area contributed by atoms with E-state index in [1.807, 2.05) is 42.1 Å². The van der Waals surface area contributed by atoms with Crippen LogP contribution in [0.15, 0.2) is 59.7 Å². The van der Waals surface area contributed by atoms with Gasteiger partial charge in [0.05, 0.1) is 11.4 Å². The molecule has 0 aliphatic rings. The van der Waals surface area contributed by atoms with E-state index in [4.69, 9.17) is 5.10 Å². The van der Waals surface area contributed by atoms with Gasteiger partial charge in [0.25, 0.3) is 0 Å². The van der Waals surface area contributed by atoms with Gasteiger partial charge in [0.1, 0.15) is 5.82 Å². The van der Waals surface area contributed by atoms with Crippen molar-refractivity contribution in [1.82, 2.24) is 25.4 Å². The fourth-order valence-corrected chi connectivity index (χ4v) is 3.83. The molecule has 0 saturated heterocycles. The summed E-state index contributed by atoms with van der Waals surface area (Å²) >= 11 is 0. The molecule has 2 aromatic carbocycles. The molecule has 4 aromatic rings. The van der Waals surface area contributed by atoms with Crippen LogP contribution in [-0.4, -0.2) is 34.3 Å². The van der Waals surface area contributed by atoms with Gasteiger partial charge >= 0.3 is 0 Å². The molecule has 0 unspecified atom stereocenters. The summed E-state index contributed by atoms with van der Waals surface area (Å²) in [6, 6.07) is 15.0. The van der Waals surface area contributed by atoms with Gasteiger partial charge < -0.3 is 15.6 Å². The van der Waals surface area contributed by atoms with Gasteiger partial charge in [-0.3, -0.25) is 4.99 Å². The maximum atomic E-state index is 13.4. The lowest BCUT2D eigenvalue weighted by atomic mass is 10.1. The zero-order chi connectivity index (χ0) is 21.8. The molecule has 0 bridgehead atoms. The Bertz CT molecular complexity index is 1210. The molecule has 0 fully saturated rings. The first-order valence-electron chi connectivity index (χ1n) is 10.4. The fraction of sp³-hybridized carbons (Fsp3) is 0.250. The largest absolute Gasteiger partial charge is 0.361 e. The van der Waals surface area contributed by atoms with Crippen molar-refractivity contribution in [2.24, 2.45) is 4.99 Å². The van der Waals surface area contributed by atoms with Crippen LogP contribution in [0.5, 0.6) is 0 Å². The normalized spacial score (nSPS) is 11.8. The summed E-state index contributed by atoms with van der Waals surface area (Å²) < 4.78 is 15.3. The summed E-state index contributed by atoms with van der Waals surface area (Å²) in [5.74, 6) is 0.502. The third-order valence-corrected chi connectivity index (χ3v) is 5.51. The summed E-state index contributed by atoms with van der Waals surface area (Å²) in [7, 11) is 1.76. The minimum atomic E-state index is -0.232. The first-order valence-corrected chi connectivity index (χ1v) is 10.4. The zero-order valence-corrected chi connectivity index (χ0v) is 18.0. The van der Waals surface area contributed by atoms with Crippen LogP contribution in [0.1, 0.15) is 22.5 Å². The number of aromatic amines is 1. The van der Waals surface area contributed by atoms with Crippen molar-refractivity contribution >= 4 is 16.9 Å². The quantitative estimate of drug-likeness (QED) is 0.327. The van der Waals surface area contributed by atoms with Crippen LogP contribution in [0.3, 0.4) is 0 Å². The van der Waals surface area contributed by atoms with Crippen molar-refractivity contribution in [3.63, 3.8) is 0 Å². The highest BCUT2D eigenvalue weighted by Crippen LogP contribution is 2.20. The van der Waals surface area contributed by atoms with E-state index in [0.29, 0.717) is 13.1 Å². The number of aliphatic imine (C=N–C) groups is 1. The van der Waals surface area contributed by atoms with Crippen molar-refractivity contribution in [3.05, 3.63) is 83.1 Å². The number of fused-ring (bicyclic) bond motifs is 1. The lowest BCUT2D eigenvalue weighted by Crippen LogP contribution is -2.38. The molecule has 0 saturated carbocycles. The second kappa shape index (κ2) is 9.04. The number of halogens is 1. The summed E-state index contributed by atoms with van der Waals surface area (Å²) in [5.41, 5.74) is 6.28. The van der Waals surface area contributed by atoms with Crippen LogP contribution in [0.25, 0.3) is 16.6 Å². The van der Waals surface area contributed by atoms with E-state index in [2.05, 4.69) is 39.7 Å². The van der Waals surface area contributed by atoms with Gasteiger partial charge in [-0.05, 0) is 56.2 Å². The Morgan fingerprint density at radius 1 is 1.13 bits per heavy atom. The number of para-hydroxylation sites is 1. The monoisotopic (exact) mass is 418 g/mol. The number of guanidine groups is 1. The van der Waals surface area contributed by atoms with Crippen LogP contribution >= 0.6 is 0 Å². The minimum Gasteiger partial charge on any atom is -0.361 e. The van der Waals surface area contributed by atoms with Crippen LogP contribution in [0.2, 0.25) is 0 Å². The maximum Gasteiger partial charge on any atom is 0.191 e. The highest BCUT2D eigenvalue weighted by molar-refractivity contribution is 5.83. The van der Waals surface area contributed by atoms with Crippen LogP contribution in [0.4, 0.5) is 4.39 Å². The van der Waals surface area contributed by atoms with E-state index in [1.54, 1.807) is 7.05 Å². The van der Waals surface area contributed by atoms with Gasteiger partial charge in [-0.1, -0.05) is 18.2 Å². The Morgan fingerprint density at radius 2 is 1.94 bits per heavy atom. The average molecular weight is 419 g/mol. The van der Waals surface area contributed by atoms with Crippen molar-refractivity contribution in [1.29, 1.82) is 0 Å². The molecule has 31 heavy (non-hydrogen) atoms. The molecule has 0 spiro atoms. The lowest BCUT2D eigenvalue weighted by Gasteiger charge is -2.12. The number of aromatic nitrogens is 3.